The number of aromatic nitrogens is 4. The van der Waals surface area contributed by atoms with Crippen LogP contribution < -0.4 is 4.74 Å². The Morgan fingerprint density at radius 3 is 2.76 bits per heavy atom. The number of carbonyl (C=O) groups is 1. The molecule has 1 aliphatic rings. The summed E-state index contributed by atoms with van der Waals surface area (Å²) in [5, 5.41) is 20.0. The maximum atomic E-state index is 12.6. The van der Waals surface area contributed by atoms with E-state index in [4.69, 9.17) is 4.74 Å². The van der Waals surface area contributed by atoms with Crippen LogP contribution in [0.25, 0.3) is 21.9 Å². The summed E-state index contributed by atoms with van der Waals surface area (Å²) >= 11 is 0. The molecule has 0 bridgehead atoms. The quantitative estimate of drug-likeness (QED) is 0.287. The van der Waals surface area contributed by atoms with Crippen LogP contribution in [0.3, 0.4) is 0 Å². The Balaban J connectivity index is 1.38. The second kappa shape index (κ2) is 10.3. The topological polar surface area (TPSA) is 93.4 Å². The molecule has 0 radical (unpaired) electrons. The molecule has 3 aromatic carbocycles. The van der Waals surface area contributed by atoms with Crippen LogP contribution >= 0.6 is 0 Å². The van der Waals surface area contributed by atoms with Crippen molar-refractivity contribution in [3.63, 3.8) is 0 Å². The predicted octanol–water partition coefficient (Wildman–Crippen LogP) is 5.77. The molecule has 2 aromatic heterocycles. The first-order valence-corrected chi connectivity index (χ1v) is 14.0. The van der Waals surface area contributed by atoms with Gasteiger partial charge >= 0.3 is 5.97 Å². The van der Waals surface area contributed by atoms with Gasteiger partial charge in [-0.25, -0.2) is 4.68 Å². The van der Waals surface area contributed by atoms with E-state index in [1.54, 1.807) is 18.5 Å². The third kappa shape index (κ3) is 4.82. The van der Waals surface area contributed by atoms with Crippen LogP contribution in [0.4, 0.5) is 0 Å². The van der Waals surface area contributed by atoms with E-state index in [0.29, 0.717) is 6.61 Å². The second-order valence-corrected chi connectivity index (χ2v) is 11.7. The number of nitrogens with zero attached hydrogens (tertiary/aromatic N) is 5. The molecule has 1 N–H and O–H groups in total. The Morgan fingerprint density at radius 2 is 1.95 bits per heavy atom. The zero-order chi connectivity index (χ0) is 28.9. The first kappa shape index (κ1) is 26.9. The summed E-state index contributed by atoms with van der Waals surface area (Å²) in [6.07, 6.45) is 1.82. The van der Waals surface area contributed by atoms with E-state index in [2.05, 4.69) is 63.5 Å². The molecule has 3 heterocycles. The van der Waals surface area contributed by atoms with Crippen LogP contribution in [0, 0.1) is 19.3 Å². The molecule has 1 atom stereocenters. The van der Waals surface area contributed by atoms with Gasteiger partial charge in [-0.3, -0.25) is 14.7 Å². The first-order valence-electron chi connectivity index (χ1n) is 14.0. The summed E-state index contributed by atoms with van der Waals surface area (Å²) < 4.78 is 7.89. The number of benzene rings is 3. The average molecular weight is 550 g/mol. The fourth-order valence-corrected chi connectivity index (χ4v) is 6.09. The number of pyridine rings is 1. The van der Waals surface area contributed by atoms with Crippen molar-refractivity contribution in [2.24, 2.45) is 12.5 Å². The number of hydrogen-bond acceptors (Lipinski definition) is 6. The second-order valence-electron chi connectivity index (χ2n) is 11.7. The number of carboxylic acid groups (broad SMARTS) is 1. The van der Waals surface area contributed by atoms with E-state index >= 15 is 0 Å². The molecule has 8 nitrogen and oxygen atoms in total. The van der Waals surface area contributed by atoms with Crippen molar-refractivity contribution in [2.45, 2.75) is 46.7 Å². The first-order chi connectivity index (χ1) is 19.6. The molecule has 0 saturated heterocycles. The lowest BCUT2D eigenvalue weighted by Gasteiger charge is -2.33. The van der Waals surface area contributed by atoms with Crippen molar-refractivity contribution in [1.29, 1.82) is 0 Å². The largest absolute Gasteiger partial charge is 0.492 e. The lowest BCUT2D eigenvalue weighted by molar-refractivity contribution is -0.147. The summed E-state index contributed by atoms with van der Waals surface area (Å²) in [6.45, 7) is 10.6. The molecule has 8 heteroatoms. The molecule has 41 heavy (non-hydrogen) atoms. The van der Waals surface area contributed by atoms with Crippen LogP contribution in [-0.2, 0) is 24.9 Å². The zero-order valence-electron chi connectivity index (χ0n) is 24.2. The average Bonchev–Trinajstić information content (AvgIpc) is 3.21. The van der Waals surface area contributed by atoms with Gasteiger partial charge in [0.2, 0.25) is 0 Å². The van der Waals surface area contributed by atoms with E-state index in [1.807, 2.05) is 38.4 Å². The van der Waals surface area contributed by atoms with E-state index in [-0.39, 0.29) is 5.92 Å². The lowest BCUT2D eigenvalue weighted by Crippen LogP contribution is -2.33. The number of carboxylic acids is 1. The molecular formula is C33H35N5O3. The minimum absolute atomic E-state index is 0.378. The van der Waals surface area contributed by atoms with Crippen molar-refractivity contribution in [2.75, 3.05) is 13.2 Å². The molecule has 5 aromatic rings. The lowest BCUT2D eigenvalue weighted by atomic mass is 9.69. The summed E-state index contributed by atoms with van der Waals surface area (Å²) in [4.78, 5) is 19.6. The van der Waals surface area contributed by atoms with Crippen molar-refractivity contribution in [3.05, 3.63) is 94.2 Å². The summed E-state index contributed by atoms with van der Waals surface area (Å²) in [6, 6.07) is 18.6. The molecule has 0 spiro atoms. The van der Waals surface area contributed by atoms with Gasteiger partial charge in [-0.15, -0.1) is 5.10 Å². The molecule has 0 aliphatic carbocycles. The van der Waals surface area contributed by atoms with Crippen molar-refractivity contribution in [3.8, 4) is 5.75 Å². The highest BCUT2D eigenvalue weighted by Gasteiger charge is 2.40. The van der Waals surface area contributed by atoms with Crippen molar-refractivity contribution >= 4 is 27.9 Å². The molecule has 1 unspecified atom stereocenters. The standard InChI is InChI=1S/C33H35N5O3/c1-20-8-9-23(30(33(3,4)32(39)40)26-10-11-28-31(21(26)2)35-36-37(28)5)15-24(20)18-38-13-14-41-29-17-22-7-6-12-34-27(22)16-25(29)19-38/h6-12,15-17,30H,13-14,18-19H2,1-5H3,(H,39,40). The number of ether oxygens (including phenoxy) is 1. The summed E-state index contributed by atoms with van der Waals surface area (Å²) in [5.74, 6) is -0.307. The third-order valence-electron chi connectivity index (χ3n) is 8.61. The smallest absolute Gasteiger partial charge is 0.310 e. The summed E-state index contributed by atoms with van der Waals surface area (Å²) in [7, 11) is 1.87. The van der Waals surface area contributed by atoms with Gasteiger partial charge in [-0.1, -0.05) is 35.5 Å². The van der Waals surface area contributed by atoms with Gasteiger partial charge in [-0.2, -0.15) is 0 Å². The zero-order valence-corrected chi connectivity index (χ0v) is 24.2. The fraction of sp³-hybridized carbons (Fsp3) is 0.333. The van der Waals surface area contributed by atoms with E-state index in [1.165, 1.54) is 11.1 Å². The Hall–Kier alpha value is -4.30. The van der Waals surface area contributed by atoms with Crippen LogP contribution in [0.5, 0.6) is 5.75 Å². The normalized spacial score (nSPS) is 15.0. The Kier molecular flexibility index (Phi) is 6.74. The molecule has 6 rings (SSSR count). The fourth-order valence-electron chi connectivity index (χ4n) is 6.09. The maximum Gasteiger partial charge on any atom is 0.310 e. The molecule has 0 saturated carbocycles. The SMILES string of the molecule is Cc1ccc(C(c2ccc3c(nnn3C)c2C)C(C)(C)C(=O)O)cc1CN1CCOc2cc3cccnc3cc2C1. The van der Waals surface area contributed by atoms with E-state index < -0.39 is 11.4 Å². The number of aliphatic carboxylic acids is 1. The highest BCUT2D eigenvalue weighted by Crippen LogP contribution is 2.44. The molecular weight excluding hydrogens is 514 g/mol. The van der Waals surface area contributed by atoms with Crippen LogP contribution in [0.1, 0.15) is 53.1 Å². The van der Waals surface area contributed by atoms with Gasteiger partial charge in [0.25, 0.3) is 0 Å². The van der Waals surface area contributed by atoms with Crippen molar-refractivity contribution < 1.29 is 14.6 Å². The highest BCUT2D eigenvalue weighted by molar-refractivity contribution is 5.82. The Bertz CT molecular complexity index is 1790. The third-order valence-corrected chi connectivity index (χ3v) is 8.61. The Morgan fingerprint density at radius 1 is 1.12 bits per heavy atom. The van der Waals surface area contributed by atoms with Gasteiger partial charge in [0.05, 0.1) is 16.4 Å². The van der Waals surface area contributed by atoms with E-state index in [0.717, 1.165) is 69.6 Å². The maximum absolute atomic E-state index is 12.6. The van der Waals surface area contributed by atoms with Crippen LogP contribution in [0.15, 0.2) is 60.8 Å². The van der Waals surface area contributed by atoms with Crippen molar-refractivity contribution in [1.82, 2.24) is 24.9 Å². The number of aryl methyl sites for hydroxylation is 3. The Labute approximate surface area is 239 Å². The summed E-state index contributed by atoms with van der Waals surface area (Å²) in [5.41, 5.74) is 7.99. The molecule has 0 amide bonds. The monoisotopic (exact) mass is 549 g/mol. The van der Waals surface area contributed by atoms with Gasteiger partial charge in [0, 0.05) is 49.7 Å². The number of hydrogen-bond donors (Lipinski definition) is 1. The number of rotatable bonds is 6. The van der Waals surface area contributed by atoms with Gasteiger partial charge in [-0.05, 0) is 79.8 Å². The molecule has 210 valence electrons. The minimum Gasteiger partial charge on any atom is -0.492 e. The van der Waals surface area contributed by atoms with Crippen LogP contribution in [0.2, 0.25) is 0 Å². The van der Waals surface area contributed by atoms with Gasteiger partial charge in [0.15, 0.2) is 0 Å². The molecule has 1 aliphatic heterocycles. The van der Waals surface area contributed by atoms with Crippen LogP contribution in [-0.4, -0.2) is 49.1 Å². The highest BCUT2D eigenvalue weighted by atomic mass is 16.5. The predicted molar refractivity (Wildman–Crippen MR) is 159 cm³/mol. The number of fused-ring (bicyclic) bond motifs is 3. The van der Waals surface area contributed by atoms with E-state index in [9.17, 15) is 9.90 Å². The molecule has 0 fully saturated rings. The minimum atomic E-state index is -1.06. The van der Waals surface area contributed by atoms with Gasteiger partial charge < -0.3 is 9.84 Å². The van der Waals surface area contributed by atoms with Gasteiger partial charge in [0.1, 0.15) is 17.9 Å².